The Morgan fingerprint density at radius 3 is 2.28 bits per heavy atom. The molecule has 1 aliphatic rings. The third kappa shape index (κ3) is 6.19. The minimum Gasteiger partial charge on any atom is -0.489 e. The van der Waals surface area contributed by atoms with Crippen LogP contribution >= 0.6 is 0 Å². The van der Waals surface area contributed by atoms with Crippen LogP contribution in [-0.2, 0) is 13.2 Å². The first-order valence-corrected chi connectivity index (χ1v) is 11.2. The van der Waals surface area contributed by atoms with E-state index in [1.54, 1.807) is 12.1 Å². The lowest BCUT2D eigenvalue weighted by Crippen LogP contribution is -2.48. The van der Waals surface area contributed by atoms with Crippen molar-refractivity contribution in [2.24, 2.45) is 0 Å². The first kappa shape index (κ1) is 22.1. The SMILES string of the molecule is O=C(N[C@@H]1CN(Cc2ccccc2)CCC[C@H]1O)c1ccc(OCc2ccccc2)cc1. The molecule has 1 amide bonds. The number of amides is 1. The van der Waals surface area contributed by atoms with Crippen molar-refractivity contribution in [1.82, 2.24) is 10.2 Å². The summed E-state index contributed by atoms with van der Waals surface area (Å²) in [6.07, 6.45) is 1.05. The van der Waals surface area contributed by atoms with Gasteiger partial charge in [0.1, 0.15) is 12.4 Å². The Morgan fingerprint density at radius 1 is 0.938 bits per heavy atom. The Kier molecular flexibility index (Phi) is 7.54. The summed E-state index contributed by atoms with van der Waals surface area (Å²) in [5.41, 5.74) is 2.89. The molecule has 4 rings (SSSR count). The molecule has 0 spiro atoms. The maximum absolute atomic E-state index is 12.8. The van der Waals surface area contributed by atoms with E-state index in [0.29, 0.717) is 30.9 Å². The van der Waals surface area contributed by atoms with E-state index in [-0.39, 0.29) is 11.9 Å². The molecule has 5 heteroatoms. The number of aliphatic hydroxyl groups excluding tert-OH is 1. The average Bonchev–Trinajstić information content (AvgIpc) is 3.00. The van der Waals surface area contributed by atoms with E-state index in [1.165, 1.54) is 5.56 Å². The minimum atomic E-state index is -0.548. The maximum atomic E-state index is 12.8. The van der Waals surface area contributed by atoms with Gasteiger partial charge in [0.25, 0.3) is 5.91 Å². The smallest absolute Gasteiger partial charge is 0.251 e. The van der Waals surface area contributed by atoms with Gasteiger partial charge in [-0.15, -0.1) is 0 Å². The summed E-state index contributed by atoms with van der Waals surface area (Å²) >= 11 is 0. The molecule has 166 valence electrons. The Balaban J connectivity index is 1.33. The quantitative estimate of drug-likeness (QED) is 0.594. The van der Waals surface area contributed by atoms with Gasteiger partial charge in [-0.05, 0) is 54.8 Å². The normalized spacial score (nSPS) is 19.2. The number of hydrogen-bond donors (Lipinski definition) is 2. The predicted octanol–water partition coefficient (Wildman–Crippen LogP) is 4.02. The number of nitrogens with zero attached hydrogens (tertiary/aromatic N) is 1. The number of carbonyl (C=O) groups is 1. The van der Waals surface area contributed by atoms with Crippen LogP contribution in [0.2, 0.25) is 0 Å². The van der Waals surface area contributed by atoms with Gasteiger partial charge >= 0.3 is 0 Å². The molecule has 32 heavy (non-hydrogen) atoms. The number of likely N-dealkylation sites (tertiary alicyclic amines) is 1. The van der Waals surface area contributed by atoms with E-state index in [4.69, 9.17) is 4.74 Å². The van der Waals surface area contributed by atoms with E-state index >= 15 is 0 Å². The van der Waals surface area contributed by atoms with Gasteiger partial charge in [-0.1, -0.05) is 60.7 Å². The molecule has 1 aliphatic heterocycles. The number of ether oxygens (including phenoxy) is 1. The topological polar surface area (TPSA) is 61.8 Å². The number of hydrogen-bond acceptors (Lipinski definition) is 4. The van der Waals surface area contributed by atoms with E-state index in [2.05, 4.69) is 22.3 Å². The molecule has 5 nitrogen and oxygen atoms in total. The highest BCUT2D eigenvalue weighted by atomic mass is 16.5. The van der Waals surface area contributed by atoms with Crippen LogP contribution in [0, 0.1) is 0 Å². The van der Waals surface area contributed by atoms with Gasteiger partial charge < -0.3 is 15.2 Å². The predicted molar refractivity (Wildman–Crippen MR) is 125 cm³/mol. The highest BCUT2D eigenvalue weighted by molar-refractivity contribution is 5.94. The summed E-state index contributed by atoms with van der Waals surface area (Å²) in [6, 6.07) is 27.1. The fraction of sp³-hybridized carbons (Fsp3) is 0.296. The van der Waals surface area contributed by atoms with Crippen molar-refractivity contribution in [3.05, 3.63) is 102 Å². The lowest BCUT2D eigenvalue weighted by Gasteiger charge is -2.27. The zero-order chi connectivity index (χ0) is 22.2. The van der Waals surface area contributed by atoms with E-state index in [0.717, 1.165) is 25.1 Å². The number of nitrogens with one attached hydrogen (secondary N) is 1. The fourth-order valence-electron chi connectivity index (χ4n) is 4.04. The van der Waals surface area contributed by atoms with Crippen LogP contribution in [0.25, 0.3) is 0 Å². The Morgan fingerprint density at radius 2 is 1.59 bits per heavy atom. The van der Waals surface area contributed by atoms with Gasteiger partial charge in [0.2, 0.25) is 0 Å². The molecule has 0 saturated carbocycles. The molecule has 0 aromatic heterocycles. The van der Waals surface area contributed by atoms with Crippen LogP contribution in [0.1, 0.15) is 34.3 Å². The van der Waals surface area contributed by atoms with Crippen molar-refractivity contribution in [2.45, 2.75) is 38.1 Å². The Hall–Kier alpha value is -3.15. The third-order valence-electron chi connectivity index (χ3n) is 5.82. The molecule has 0 aliphatic carbocycles. The van der Waals surface area contributed by atoms with Gasteiger partial charge in [0.15, 0.2) is 0 Å². The zero-order valence-electron chi connectivity index (χ0n) is 18.2. The highest BCUT2D eigenvalue weighted by Gasteiger charge is 2.27. The second-order valence-corrected chi connectivity index (χ2v) is 8.31. The van der Waals surface area contributed by atoms with Crippen molar-refractivity contribution in [2.75, 3.05) is 13.1 Å². The second-order valence-electron chi connectivity index (χ2n) is 8.31. The zero-order valence-corrected chi connectivity index (χ0v) is 18.2. The number of rotatable bonds is 7. The molecule has 2 atom stereocenters. The summed E-state index contributed by atoms with van der Waals surface area (Å²) in [5, 5.41) is 13.6. The van der Waals surface area contributed by atoms with Crippen molar-refractivity contribution >= 4 is 5.91 Å². The summed E-state index contributed by atoms with van der Waals surface area (Å²) < 4.78 is 5.80. The monoisotopic (exact) mass is 430 g/mol. The Bertz CT molecular complexity index is 977. The minimum absolute atomic E-state index is 0.176. The molecule has 0 bridgehead atoms. The van der Waals surface area contributed by atoms with Crippen molar-refractivity contribution < 1.29 is 14.6 Å². The third-order valence-corrected chi connectivity index (χ3v) is 5.82. The second kappa shape index (κ2) is 10.9. The molecule has 0 radical (unpaired) electrons. The molecular formula is C27H30N2O3. The van der Waals surface area contributed by atoms with Crippen LogP contribution in [0.4, 0.5) is 0 Å². The first-order valence-electron chi connectivity index (χ1n) is 11.2. The van der Waals surface area contributed by atoms with Gasteiger partial charge in [0, 0.05) is 18.7 Å². The summed E-state index contributed by atoms with van der Waals surface area (Å²) in [6.45, 7) is 2.83. The molecule has 1 heterocycles. The molecule has 1 saturated heterocycles. The van der Waals surface area contributed by atoms with E-state index < -0.39 is 6.10 Å². The molecule has 2 N–H and O–H groups in total. The fourth-order valence-corrected chi connectivity index (χ4v) is 4.04. The van der Waals surface area contributed by atoms with Crippen LogP contribution in [0.5, 0.6) is 5.75 Å². The largest absolute Gasteiger partial charge is 0.489 e. The molecule has 3 aromatic carbocycles. The van der Waals surface area contributed by atoms with Crippen LogP contribution in [0.3, 0.4) is 0 Å². The molecular weight excluding hydrogens is 400 g/mol. The van der Waals surface area contributed by atoms with Crippen LogP contribution < -0.4 is 10.1 Å². The molecule has 3 aromatic rings. The van der Waals surface area contributed by atoms with Crippen LogP contribution in [-0.4, -0.2) is 41.1 Å². The Labute approximate surface area is 189 Å². The lowest BCUT2D eigenvalue weighted by molar-refractivity contribution is 0.0798. The van der Waals surface area contributed by atoms with Crippen LogP contribution in [0.15, 0.2) is 84.9 Å². The van der Waals surface area contributed by atoms with Gasteiger partial charge in [-0.25, -0.2) is 0 Å². The first-order chi connectivity index (χ1) is 15.7. The maximum Gasteiger partial charge on any atom is 0.251 e. The van der Waals surface area contributed by atoms with E-state index in [9.17, 15) is 9.90 Å². The van der Waals surface area contributed by atoms with Gasteiger partial charge in [-0.3, -0.25) is 9.69 Å². The van der Waals surface area contributed by atoms with E-state index in [1.807, 2.05) is 60.7 Å². The number of aliphatic hydroxyl groups is 1. The molecule has 1 fully saturated rings. The van der Waals surface area contributed by atoms with Crippen molar-refractivity contribution in [3.63, 3.8) is 0 Å². The highest BCUT2D eigenvalue weighted by Crippen LogP contribution is 2.17. The van der Waals surface area contributed by atoms with Crippen molar-refractivity contribution in [3.8, 4) is 5.75 Å². The summed E-state index contributed by atoms with van der Waals surface area (Å²) in [4.78, 5) is 15.1. The van der Waals surface area contributed by atoms with Gasteiger partial charge in [0.05, 0.1) is 12.1 Å². The summed E-state index contributed by atoms with van der Waals surface area (Å²) in [7, 11) is 0. The average molecular weight is 431 g/mol. The van der Waals surface area contributed by atoms with Gasteiger partial charge in [-0.2, -0.15) is 0 Å². The number of carbonyl (C=O) groups excluding carboxylic acids is 1. The summed E-state index contributed by atoms with van der Waals surface area (Å²) in [5.74, 6) is 0.541. The number of benzene rings is 3. The standard InChI is InChI=1S/C27H30N2O3/c30-26-12-7-17-29(18-21-8-3-1-4-9-21)19-25(26)28-27(31)23-13-15-24(16-14-23)32-20-22-10-5-2-6-11-22/h1-6,8-11,13-16,25-26,30H,7,12,17-20H2,(H,28,31)/t25-,26-/m1/s1. The molecule has 0 unspecified atom stereocenters. The lowest BCUT2D eigenvalue weighted by atomic mass is 10.1. The van der Waals surface area contributed by atoms with Crippen molar-refractivity contribution in [1.29, 1.82) is 0 Å².